The summed E-state index contributed by atoms with van der Waals surface area (Å²) in [6.07, 6.45) is 4.03. The lowest BCUT2D eigenvalue weighted by molar-refractivity contribution is 0.0239. The molecule has 42 heavy (non-hydrogen) atoms. The van der Waals surface area contributed by atoms with E-state index in [-0.39, 0.29) is 12.0 Å². The minimum absolute atomic E-state index is 0.0694. The zero-order valence-electron chi connectivity index (χ0n) is 24.3. The topological polar surface area (TPSA) is 90.3 Å². The fraction of sp³-hybridized carbons (Fsp3) is 0.531. The minimum Gasteiger partial charge on any atom is -0.497 e. The number of nitrogens with one attached hydrogen (secondary N) is 1. The van der Waals surface area contributed by atoms with E-state index in [0.29, 0.717) is 44.8 Å². The van der Waals surface area contributed by atoms with Crippen LogP contribution in [-0.4, -0.2) is 91.2 Å². The number of hydrogen-bond donors (Lipinski definition) is 3. The van der Waals surface area contributed by atoms with Crippen molar-refractivity contribution in [1.82, 2.24) is 14.8 Å². The molecule has 2 aromatic carbocycles. The van der Waals surface area contributed by atoms with Gasteiger partial charge >= 0.3 is 0 Å². The number of aromatic nitrogens is 1. The highest BCUT2D eigenvalue weighted by molar-refractivity contribution is 5.85. The van der Waals surface area contributed by atoms with Crippen molar-refractivity contribution in [3.8, 4) is 5.75 Å². The molecule has 8 nitrogen and oxygen atoms in total. The van der Waals surface area contributed by atoms with Gasteiger partial charge in [0.05, 0.1) is 31.9 Å². The Bertz CT molecular complexity index is 1310. The molecule has 228 valence electrons. The summed E-state index contributed by atoms with van der Waals surface area (Å²) >= 11 is 0. The molecule has 1 aromatic heterocycles. The van der Waals surface area contributed by atoms with Crippen LogP contribution >= 0.6 is 0 Å². The molecule has 2 saturated heterocycles. The monoisotopic (exact) mass is 584 g/mol. The first-order chi connectivity index (χ1) is 20.4. The molecule has 0 spiro atoms. The van der Waals surface area contributed by atoms with Crippen molar-refractivity contribution < 1.29 is 28.5 Å². The van der Waals surface area contributed by atoms with Gasteiger partial charge in [-0.2, -0.15) is 0 Å². The molecule has 0 aliphatic carbocycles. The number of anilines is 1. The number of methoxy groups -OCH3 is 1. The number of nitrogens with zero attached hydrogens (tertiary/aromatic N) is 3. The molecular weight excluding hydrogens is 542 g/mol. The number of hydrogen-bond acceptors (Lipinski definition) is 8. The van der Waals surface area contributed by atoms with Gasteiger partial charge < -0.3 is 29.9 Å². The highest BCUT2D eigenvalue weighted by Gasteiger charge is 2.35. The molecule has 1 atom stereocenters. The fourth-order valence-corrected chi connectivity index (χ4v) is 6.22. The van der Waals surface area contributed by atoms with Gasteiger partial charge in [0.15, 0.2) is 0 Å². The van der Waals surface area contributed by atoms with Crippen molar-refractivity contribution in [3.05, 3.63) is 65.4 Å². The number of piperidine rings is 1. The Hall–Kier alpha value is -2.89. The normalized spacial score (nSPS) is 18.7. The van der Waals surface area contributed by atoms with Crippen LogP contribution in [0.2, 0.25) is 0 Å². The van der Waals surface area contributed by atoms with E-state index in [1.54, 1.807) is 7.11 Å². The third kappa shape index (κ3) is 7.54. The number of benzene rings is 2. The number of fused-ring (bicyclic) bond motifs is 1. The zero-order chi connectivity index (χ0) is 29.5. The highest BCUT2D eigenvalue weighted by Crippen LogP contribution is 2.40. The van der Waals surface area contributed by atoms with Gasteiger partial charge in [0.25, 0.3) is 0 Å². The van der Waals surface area contributed by atoms with E-state index in [0.717, 1.165) is 79.4 Å². The van der Waals surface area contributed by atoms with Crippen molar-refractivity contribution in [2.45, 2.75) is 38.3 Å². The van der Waals surface area contributed by atoms with Crippen LogP contribution in [0, 0.1) is 17.0 Å². The van der Waals surface area contributed by atoms with E-state index < -0.39 is 17.7 Å². The van der Waals surface area contributed by atoms with E-state index in [1.165, 1.54) is 12.1 Å². The van der Waals surface area contributed by atoms with E-state index in [4.69, 9.17) is 14.5 Å². The summed E-state index contributed by atoms with van der Waals surface area (Å²) in [6.45, 7) is 6.75. The molecule has 0 radical (unpaired) electrons. The van der Waals surface area contributed by atoms with Gasteiger partial charge in [-0.25, -0.2) is 8.78 Å². The summed E-state index contributed by atoms with van der Waals surface area (Å²) in [7, 11) is 1.64. The number of pyridine rings is 1. The summed E-state index contributed by atoms with van der Waals surface area (Å²) in [5.41, 5.74) is 2.87. The molecule has 2 aliphatic rings. The number of halogens is 2. The first-order valence-corrected chi connectivity index (χ1v) is 14.8. The number of likely N-dealkylation sites (tertiary alicyclic amines) is 1. The maximum Gasteiger partial charge on any atom is 0.128 e. The molecule has 0 saturated carbocycles. The lowest BCUT2D eigenvalue weighted by Gasteiger charge is -2.41. The van der Waals surface area contributed by atoms with Gasteiger partial charge in [-0.1, -0.05) is 0 Å². The smallest absolute Gasteiger partial charge is 0.128 e. The Balaban J connectivity index is 1.22. The Kier molecular flexibility index (Phi) is 10.2. The van der Waals surface area contributed by atoms with E-state index in [9.17, 15) is 19.0 Å². The summed E-state index contributed by atoms with van der Waals surface area (Å²) < 4.78 is 37.9. The van der Waals surface area contributed by atoms with Crippen molar-refractivity contribution in [1.29, 1.82) is 0 Å². The van der Waals surface area contributed by atoms with Crippen LogP contribution in [-0.2, 0) is 11.3 Å². The van der Waals surface area contributed by atoms with Crippen LogP contribution in [0.1, 0.15) is 42.9 Å². The Morgan fingerprint density at radius 3 is 2.48 bits per heavy atom. The van der Waals surface area contributed by atoms with Gasteiger partial charge in [0.1, 0.15) is 17.4 Å². The lowest BCUT2D eigenvalue weighted by Crippen LogP contribution is -2.43. The maximum absolute atomic E-state index is 13.5. The maximum atomic E-state index is 13.5. The van der Waals surface area contributed by atoms with E-state index >= 15 is 0 Å². The number of ether oxygens (including phenoxy) is 2. The molecule has 2 aliphatic heterocycles. The Morgan fingerprint density at radius 1 is 1.05 bits per heavy atom. The quantitative estimate of drug-likeness (QED) is 0.290. The standard InChI is InChI=1S/C32H42F2N4O4/c1-41-27-2-3-29-28(19-27)31(23(20-36-29)21-38-12-14-42-15-13-38)30(40)4-5-32(22-39)6-9-37(10-7-32)11-8-35-26-17-24(33)16-25(34)18-26/h2-3,16-20,30,35,39-40H,4-15,21-22H2,1H3/t30-/m0/s1. The molecule has 3 N–H and O–H groups in total. The SMILES string of the molecule is COc1ccc2ncc(CN3CCOCC3)c([C@@H](O)CCC3(CO)CCN(CCNc4cc(F)cc(F)c4)CC3)c2c1. The second-order valence-electron chi connectivity index (χ2n) is 11.6. The summed E-state index contributed by atoms with van der Waals surface area (Å²) in [5.74, 6) is -0.479. The molecule has 3 heterocycles. The van der Waals surface area contributed by atoms with Crippen molar-refractivity contribution in [2.75, 3.05) is 71.5 Å². The lowest BCUT2D eigenvalue weighted by atomic mass is 9.74. The van der Waals surface area contributed by atoms with Gasteiger partial charge in [0.2, 0.25) is 0 Å². The second kappa shape index (κ2) is 14.1. The number of aliphatic hydroxyl groups is 2. The minimum atomic E-state index is -0.712. The second-order valence-corrected chi connectivity index (χ2v) is 11.6. The predicted octanol–water partition coefficient (Wildman–Crippen LogP) is 4.35. The highest BCUT2D eigenvalue weighted by atomic mass is 19.1. The van der Waals surface area contributed by atoms with Crippen LogP contribution in [0.25, 0.3) is 10.9 Å². The average molecular weight is 585 g/mol. The summed E-state index contributed by atoms with van der Waals surface area (Å²) in [6, 6.07) is 9.20. The summed E-state index contributed by atoms with van der Waals surface area (Å²) in [5, 5.41) is 26.1. The first kappa shape index (κ1) is 30.6. The molecule has 0 bridgehead atoms. The average Bonchev–Trinajstić information content (AvgIpc) is 3.00. The molecule has 0 amide bonds. The van der Waals surface area contributed by atoms with Crippen molar-refractivity contribution >= 4 is 16.6 Å². The van der Waals surface area contributed by atoms with Crippen LogP contribution in [0.4, 0.5) is 14.5 Å². The van der Waals surface area contributed by atoms with Gasteiger partial charge in [0, 0.05) is 62.7 Å². The van der Waals surface area contributed by atoms with Gasteiger partial charge in [-0.15, -0.1) is 0 Å². The number of morpholine rings is 1. The molecule has 5 rings (SSSR count). The van der Waals surface area contributed by atoms with Crippen molar-refractivity contribution in [2.24, 2.45) is 5.41 Å². The molecular formula is C32H42F2N4O4. The largest absolute Gasteiger partial charge is 0.497 e. The molecule has 3 aromatic rings. The van der Waals surface area contributed by atoms with Crippen LogP contribution in [0.15, 0.2) is 42.6 Å². The van der Waals surface area contributed by atoms with E-state index in [2.05, 4.69) is 15.1 Å². The van der Waals surface area contributed by atoms with Gasteiger partial charge in [-0.3, -0.25) is 9.88 Å². The van der Waals surface area contributed by atoms with Crippen molar-refractivity contribution in [3.63, 3.8) is 0 Å². The van der Waals surface area contributed by atoms with E-state index in [1.807, 2.05) is 24.4 Å². The number of rotatable bonds is 12. The molecule has 2 fully saturated rings. The van der Waals surface area contributed by atoms with Crippen LogP contribution < -0.4 is 10.1 Å². The first-order valence-electron chi connectivity index (χ1n) is 14.8. The van der Waals surface area contributed by atoms with Crippen LogP contribution in [0.5, 0.6) is 5.75 Å². The number of aliphatic hydroxyl groups excluding tert-OH is 2. The Morgan fingerprint density at radius 2 is 1.79 bits per heavy atom. The fourth-order valence-electron chi connectivity index (χ4n) is 6.22. The molecule has 10 heteroatoms. The van der Waals surface area contributed by atoms with Crippen LogP contribution in [0.3, 0.4) is 0 Å². The zero-order valence-corrected chi connectivity index (χ0v) is 24.3. The Labute approximate surface area is 246 Å². The summed E-state index contributed by atoms with van der Waals surface area (Å²) in [4.78, 5) is 9.32. The third-order valence-corrected chi connectivity index (χ3v) is 8.85. The third-order valence-electron chi connectivity index (χ3n) is 8.85. The predicted molar refractivity (Wildman–Crippen MR) is 159 cm³/mol. The van der Waals surface area contributed by atoms with Gasteiger partial charge in [-0.05, 0) is 85.6 Å². The molecule has 0 unspecified atom stereocenters.